The van der Waals surface area contributed by atoms with Crippen LogP contribution in [0.5, 0.6) is 0 Å². The molecule has 1 aromatic rings. The quantitative estimate of drug-likeness (QED) is 0.401. The van der Waals surface area contributed by atoms with Crippen molar-refractivity contribution in [1.29, 1.82) is 0 Å². The number of hydrogen-bond donors (Lipinski definition) is 2. The summed E-state index contributed by atoms with van der Waals surface area (Å²) in [6.45, 7) is 7.96. The lowest BCUT2D eigenvalue weighted by atomic mass is 9.80. The normalized spacial score (nSPS) is 32.0. The second kappa shape index (κ2) is 13.3. The number of esters is 1. The summed E-state index contributed by atoms with van der Waals surface area (Å²) in [7, 11) is 1.99. The molecule has 3 heterocycles. The number of likely N-dealkylation sites (N-methyl/N-ethyl adjacent to an activating group) is 1. The second-order valence-corrected chi connectivity index (χ2v) is 12.1. The molecule has 1 aromatic carbocycles. The maximum Gasteiger partial charge on any atom is 0.407 e. The van der Waals surface area contributed by atoms with E-state index in [1.54, 1.807) is 17.0 Å². The van der Waals surface area contributed by atoms with Crippen LogP contribution in [0.25, 0.3) is 6.08 Å². The van der Waals surface area contributed by atoms with Gasteiger partial charge in [0.2, 0.25) is 0 Å². The summed E-state index contributed by atoms with van der Waals surface area (Å²) in [4.78, 5) is 30.4. The molecule has 8 nitrogen and oxygen atoms in total. The number of ether oxygens (including phenoxy) is 1. The highest BCUT2D eigenvalue weighted by atomic mass is 19.1. The number of cyclic esters (lactones) is 1. The molecular formula is C31H43F2N3O5. The number of alkyl halides is 1. The van der Waals surface area contributed by atoms with E-state index in [-0.39, 0.29) is 43.3 Å². The van der Waals surface area contributed by atoms with Crippen molar-refractivity contribution in [2.75, 3.05) is 44.7 Å². The Morgan fingerprint density at radius 2 is 1.83 bits per heavy atom. The van der Waals surface area contributed by atoms with Crippen molar-refractivity contribution in [2.24, 2.45) is 17.8 Å². The maximum absolute atomic E-state index is 14.5. The average molecular weight is 576 g/mol. The number of nitrogens with zero attached hydrogens (tertiary/aromatic N) is 3. The molecule has 0 aromatic heterocycles. The van der Waals surface area contributed by atoms with Gasteiger partial charge in [-0.25, -0.2) is 13.6 Å². The van der Waals surface area contributed by atoms with E-state index in [0.717, 1.165) is 0 Å². The van der Waals surface area contributed by atoms with Gasteiger partial charge in [0.15, 0.2) is 0 Å². The monoisotopic (exact) mass is 575 g/mol. The largest absolute Gasteiger partial charge is 0.465 e. The molecule has 0 bridgehead atoms. The van der Waals surface area contributed by atoms with Gasteiger partial charge in [-0.05, 0) is 62.1 Å². The van der Waals surface area contributed by atoms with Crippen molar-refractivity contribution in [3.05, 3.63) is 47.3 Å². The molecule has 0 radical (unpaired) electrons. The summed E-state index contributed by atoms with van der Waals surface area (Å²) < 4.78 is 33.8. The fourth-order valence-corrected chi connectivity index (χ4v) is 6.21. The SMILES string of the molecule is C/C(=C\c1cc(F)cc(N2CC(F)C2)c1)[C@H]1OC(=O)C[C@H](O)CC[C@H](C)[C@@H](C2CN(C)CCN2C(=O)O)/C=C/[C@@H]1C. The summed E-state index contributed by atoms with van der Waals surface area (Å²) in [5.74, 6) is -1.27. The molecule has 2 fully saturated rings. The summed E-state index contributed by atoms with van der Waals surface area (Å²) in [6.07, 6.45) is 3.28. The summed E-state index contributed by atoms with van der Waals surface area (Å²) in [5, 5.41) is 20.6. The van der Waals surface area contributed by atoms with Crippen LogP contribution in [0.1, 0.15) is 45.6 Å². The van der Waals surface area contributed by atoms with Gasteiger partial charge in [0.05, 0.1) is 31.7 Å². The predicted molar refractivity (Wildman–Crippen MR) is 154 cm³/mol. The first-order valence-electron chi connectivity index (χ1n) is 14.5. The zero-order valence-corrected chi connectivity index (χ0v) is 24.4. The summed E-state index contributed by atoms with van der Waals surface area (Å²) >= 11 is 0. The first-order chi connectivity index (χ1) is 19.4. The van der Waals surface area contributed by atoms with Gasteiger partial charge in [-0.3, -0.25) is 4.79 Å². The van der Waals surface area contributed by atoms with E-state index >= 15 is 0 Å². The van der Waals surface area contributed by atoms with E-state index in [1.165, 1.54) is 17.0 Å². The van der Waals surface area contributed by atoms with Gasteiger partial charge in [-0.15, -0.1) is 0 Å². The molecule has 226 valence electrons. The van der Waals surface area contributed by atoms with Gasteiger partial charge in [-0.1, -0.05) is 32.1 Å². The number of anilines is 1. The maximum atomic E-state index is 14.5. The minimum Gasteiger partial charge on any atom is -0.465 e. The van der Waals surface area contributed by atoms with Gasteiger partial charge in [0, 0.05) is 37.2 Å². The van der Waals surface area contributed by atoms with Crippen molar-refractivity contribution in [3.8, 4) is 0 Å². The molecule has 1 unspecified atom stereocenters. The van der Waals surface area contributed by atoms with Crippen LogP contribution in [-0.2, 0) is 9.53 Å². The number of aliphatic hydroxyl groups is 1. The number of amides is 1. The predicted octanol–water partition coefficient (Wildman–Crippen LogP) is 4.58. The number of aliphatic hydroxyl groups excluding tert-OH is 1. The van der Waals surface area contributed by atoms with Crippen molar-refractivity contribution < 1.29 is 33.3 Å². The van der Waals surface area contributed by atoms with Gasteiger partial charge < -0.3 is 29.6 Å². The average Bonchev–Trinajstić information content (AvgIpc) is 2.87. The molecule has 6 atom stereocenters. The molecule has 3 aliphatic heterocycles. The van der Waals surface area contributed by atoms with Gasteiger partial charge in [0.25, 0.3) is 0 Å². The minimum absolute atomic E-state index is 0.0631. The van der Waals surface area contributed by atoms with E-state index in [1.807, 2.05) is 27.0 Å². The van der Waals surface area contributed by atoms with Crippen LogP contribution < -0.4 is 4.90 Å². The van der Waals surface area contributed by atoms with Gasteiger partial charge in [0.1, 0.15) is 18.1 Å². The third kappa shape index (κ3) is 7.86. The second-order valence-electron chi connectivity index (χ2n) is 12.1. The smallest absolute Gasteiger partial charge is 0.407 e. The zero-order chi connectivity index (χ0) is 29.8. The molecule has 1 amide bonds. The van der Waals surface area contributed by atoms with Gasteiger partial charge in [-0.2, -0.15) is 0 Å². The van der Waals surface area contributed by atoms with Crippen LogP contribution >= 0.6 is 0 Å². The van der Waals surface area contributed by atoms with Crippen molar-refractivity contribution in [2.45, 2.75) is 64.5 Å². The fourth-order valence-electron chi connectivity index (χ4n) is 6.21. The van der Waals surface area contributed by atoms with Crippen LogP contribution in [0, 0.1) is 23.6 Å². The van der Waals surface area contributed by atoms with Gasteiger partial charge >= 0.3 is 12.1 Å². The van der Waals surface area contributed by atoms with E-state index in [9.17, 15) is 28.6 Å². The Morgan fingerprint density at radius 1 is 1.10 bits per heavy atom. The highest BCUT2D eigenvalue weighted by molar-refractivity contribution is 5.71. The number of hydrogen-bond acceptors (Lipinski definition) is 6. The van der Waals surface area contributed by atoms with Crippen LogP contribution in [0.2, 0.25) is 0 Å². The van der Waals surface area contributed by atoms with E-state index in [0.29, 0.717) is 49.3 Å². The Bertz CT molecular complexity index is 1150. The Labute approximate surface area is 241 Å². The number of carboxylic acid groups (broad SMARTS) is 1. The molecule has 0 aliphatic carbocycles. The number of carbonyl (C=O) groups excluding carboxylic acids is 1. The van der Waals surface area contributed by atoms with Crippen molar-refractivity contribution in [3.63, 3.8) is 0 Å². The number of rotatable bonds is 4. The molecule has 2 saturated heterocycles. The molecule has 0 spiro atoms. The van der Waals surface area contributed by atoms with E-state index in [4.69, 9.17) is 4.74 Å². The first kappa shape index (κ1) is 31.0. The zero-order valence-electron chi connectivity index (χ0n) is 24.4. The summed E-state index contributed by atoms with van der Waals surface area (Å²) in [6, 6.07) is 4.31. The van der Waals surface area contributed by atoms with Crippen LogP contribution in [0.3, 0.4) is 0 Å². The lowest BCUT2D eigenvalue weighted by Gasteiger charge is -2.43. The third-order valence-electron chi connectivity index (χ3n) is 8.65. The molecule has 41 heavy (non-hydrogen) atoms. The van der Waals surface area contributed by atoms with Crippen LogP contribution in [0.15, 0.2) is 35.9 Å². The molecule has 3 aliphatic rings. The number of benzene rings is 1. The minimum atomic E-state index is -0.941. The topological polar surface area (TPSA) is 93.5 Å². The Morgan fingerprint density at radius 3 is 2.51 bits per heavy atom. The fraction of sp³-hybridized carbons (Fsp3) is 0.613. The molecular weight excluding hydrogens is 532 g/mol. The van der Waals surface area contributed by atoms with Crippen molar-refractivity contribution >= 4 is 23.8 Å². The third-order valence-corrected chi connectivity index (χ3v) is 8.65. The number of piperazine rings is 1. The molecule has 2 N–H and O–H groups in total. The number of carbonyl (C=O) groups is 2. The Kier molecular flexibility index (Phi) is 10.1. The molecule has 10 heteroatoms. The van der Waals surface area contributed by atoms with Crippen molar-refractivity contribution in [1.82, 2.24) is 9.80 Å². The van der Waals surface area contributed by atoms with E-state index < -0.39 is 36.3 Å². The Hall–Kier alpha value is -2.98. The lowest BCUT2D eigenvalue weighted by molar-refractivity contribution is -0.151. The van der Waals surface area contributed by atoms with E-state index in [2.05, 4.69) is 17.9 Å². The van der Waals surface area contributed by atoms with Crippen LogP contribution in [-0.4, -0.2) is 96.3 Å². The number of halogens is 2. The lowest BCUT2D eigenvalue weighted by Crippen LogP contribution is -2.57. The highest BCUT2D eigenvalue weighted by Crippen LogP contribution is 2.32. The Balaban J connectivity index is 1.64. The standard InChI is InChI=1S/C31H43F2N3O5/c1-19-5-7-26(37)15-29(38)41-30(20(2)6-8-27(19)28-18-34(4)9-10-36(28)31(39)40)21(3)11-22-12-23(32)14-25(13-22)35-16-24(33)17-35/h6,8,11-14,19-20,24,26-28,30,37H,5,7,9-10,15-18H2,1-4H3,(H,39,40)/b8-6+,21-11+/t19-,20-,26+,27-,28?,30-/m0/s1. The van der Waals surface area contributed by atoms with Crippen LogP contribution in [0.4, 0.5) is 19.3 Å². The molecule has 0 saturated carbocycles. The highest BCUT2D eigenvalue weighted by Gasteiger charge is 2.37. The first-order valence-corrected chi connectivity index (χ1v) is 14.5. The summed E-state index contributed by atoms with van der Waals surface area (Å²) in [5.41, 5.74) is 1.87. The molecule has 4 rings (SSSR count).